The second kappa shape index (κ2) is 8.65. The van der Waals surface area contributed by atoms with Crippen molar-refractivity contribution in [1.29, 1.82) is 0 Å². The van der Waals surface area contributed by atoms with E-state index in [1.807, 2.05) is 0 Å². The number of alkyl halides is 4. The molecule has 0 heterocycles. The molecule has 3 aliphatic rings. The molecular formula is C22H34F4. The van der Waals surface area contributed by atoms with Gasteiger partial charge in [0.1, 0.15) is 24.7 Å². The number of rotatable bonds is 4. The zero-order valence-corrected chi connectivity index (χ0v) is 15.9. The normalized spacial score (nSPS) is 50.3. The smallest absolute Gasteiger partial charge is 0.135 e. The summed E-state index contributed by atoms with van der Waals surface area (Å²) in [5.74, 6) is -0.381. The van der Waals surface area contributed by atoms with Crippen molar-refractivity contribution in [3.05, 3.63) is 12.7 Å². The summed E-state index contributed by atoms with van der Waals surface area (Å²) in [6.45, 7) is 5.44. The summed E-state index contributed by atoms with van der Waals surface area (Å²) < 4.78 is 57.6. The molecule has 8 unspecified atom stereocenters. The van der Waals surface area contributed by atoms with Crippen molar-refractivity contribution in [1.82, 2.24) is 0 Å². The fourth-order valence-corrected chi connectivity index (χ4v) is 6.00. The van der Waals surface area contributed by atoms with Crippen LogP contribution < -0.4 is 0 Å². The third-order valence-electron chi connectivity index (χ3n) is 7.74. The molecular weight excluding hydrogens is 340 g/mol. The van der Waals surface area contributed by atoms with Crippen LogP contribution in [0.25, 0.3) is 0 Å². The van der Waals surface area contributed by atoms with Gasteiger partial charge in [-0.3, -0.25) is 0 Å². The van der Waals surface area contributed by atoms with Crippen molar-refractivity contribution in [2.75, 3.05) is 0 Å². The first-order valence-corrected chi connectivity index (χ1v) is 10.6. The van der Waals surface area contributed by atoms with E-state index in [1.54, 1.807) is 13.0 Å². The minimum atomic E-state index is -1.38. The van der Waals surface area contributed by atoms with Gasteiger partial charge in [0.15, 0.2) is 0 Å². The van der Waals surface area contributed by atoms with E-state index >= 15 is 0 Å². The van der Waals surface area contributed by atoms with Crippen molar-refractivity contribution in [3.63, 3.8) is 0 Å². The number of hydrogen-bond donors (Lipinski definition) is 0. The Morgan fingerprint density at radius 3 is 1.73 bits per heavy atom. The predicted octanol–water partition coefficient (Wildman–Crippen LogP) is 6.79. The van der Waals surface area contributed by atoms with Gasteiger partial charge in [-0.2, -0.15) is 0 Å². The van der Waals surface area contributed by atoms with Crippen LogP contribution in [0.15, 0.2) is 12.7 Å². The molecule has 3 rings (SSSR count). The van der Waals surface area contributed by atoms with E-state index in [9.17, 15) is 17.6 Å². The van der Waals surface area contributed by atoms with Gasteiger partial charge in [0.05, 0.1) is 0 Å². The molecule has 0 aliphatic heterocycles. The summed E-state index contributed by atoms with van der Waals surface area (Å²) in [4.78, 5) is 0. The molecule has 26 heavy (non-hydrogen) atoms. The van der Waals surface area contributed by atoms with Crippen LogP contribution in [0.5, 0.6) is 0 Å². The summed E-state index contributed by atoms with van der Waals surface area (Å²) in [6.07, 6.45) is 3.14. The number of allylic oxidation sites excluding steroid dienone is 1. The van der Waals surface area contributed by atoms with Crippen molar-refractivity contribution in [2.24, 2.45) is 35.5 Å². The van der Waals surface area contributed by atoms with Gasteiger partial charge in [-0.1, -0.05) is 13.0 Å². The lowest BCUT2D eigenvalue weighted by Crippen LogP contribution is -2.44. The predicted molar refractivity (Wildman–Crippen MR) is 97.9 cm³/mol. The Morgan fingerprint density at radius 1 is 0.692 bits per heavy atom. The Labute approximate surface area is 155 Å². The average molecular weight is 375 g/mol. The second-order valence-electron chi connectivity index (χ2n) is 9.20. The highest BCUT2D eigenvalue weighted by Crippen LogP contribution is 2.48. The van der Waals surface area contributed by atoms with Gasteiger partial charge in [0.25, 0.3) is 0 Å². The first kappa shape index (κ1) is 20.2. The molecule has 3 saturated carbocycles. The first-order valence-electron chi connectivity index (χ1n) is 10.6. The molecule has 0 aromatic rings. The van der Waals surface area contributed by atoms with Gasteiger partial charge in [-0.15, -0.1) is 6.58 Å². The molecule has 150 valence electrons. The zero-order valence-electron chi connectivity index (χ0n) is 15.9. The molecule has 0 radical (unpaired) electrons. The maximum atomic E-state index is 14.7. The maximum absolute atomic E-state index is 14.7. The van der Waals surface area contributed by atoms with Gasteiger partial charge in [0.2, 0.25) is 0 Å². The summed E-state index contributed by atoms with van der Waals surface area (Å²) >= 11 is 0. The highest BCUT2D eigenvalue weighted by atomic mass is 19.2. The lowest BCUT2D eigenvalue weighted by molar-refractivity contribution is -0.0301. The standard InChI is InChI=1S/C22H34F4/c1-3-4-16-10-12-18(22(26)20(16)24)15-8-6-14(7-9-15)17-11-5-13(2)19(23)21(17)25/h3,13-22H,1,4-12H2,2H3. The summed E-state index contributed by atoms with van der Waals surface area (Å²) in [5, 5.41) is 0. The Kier molecular flexibility index (Phi) is 6.72. The molecule has 0 saturated heterocycles. The van der Waals surface area contributed by atoms with Crippen LogP contribution in [0.3, 0.4) is 0 Å². The minimum absolute atomic E-state index is 0.180. The molecule has 3 aliphatic carbocycles. The van der Waals surface area contributed by atoms with E-state index in [1.165, 1.54) is 0 Å². The maximum Gasteiger partial charge on any atom is 0.135 e. The van der Waals surface area contributed by atoms with Crippen molar-refractivity contribution in [2.45, 2.75) is 89.4 Å². The third kappa shape index (κ3) is 3.99. The number of hydrogen-bond acceptors (Lipinski definition) is 0. The van der Waals surface area contributed by atoms with Crippen LogP contribution in [0.1, 0.15) is 64.7 Å². The summed E-state index contributed by atoms with van der Waals surface area (Å²) in [6, 6.07) is 0. The lowest BCUT2D eigenvalue weighted by atomic mass is 9.63. The summed E-state index contributed by atoms with van der Waals surface area (Å²) in [7, 11) is 0. The lowest BCUT2D eigenvalue weighted by Gasteiger charge is -2.44. The molecule has 8 atom stereocenters. The molecule has 0 N–H and O–H groups in total. The number of halogens is 4. The van der Waals surface area contributed by atoms with E-state index in [-0.39, 0.29) is 35.5 Å². The van der Waals surface area contributed by atoms with E-state index in [2.05, 4.69) is 6.58 Å². The fraction of sp³-hybridized carbons (Fsp3) is 0.909. The van der Waals surface area contributed by atoms with Crippen LogP contribution in [0, 0.1) is 35.5 Å². The van der Waals surface area contributed by atoms with E-state index in [0.717, 1.165) is 51.4 Å². The highest BCUT2D eigenvalue weighted by Gasteiger charge is 2.46. The molecule has 0 amide bonds. The van der Waals surface area contributed by atoms with Gasteiger partial charge in [-0.25, -0.2) is 17.6 Å². The van der Waals surface area contributed by atoms with Crippen LogP contribution >= 0.6 is 0 Å². The Morgan fingerprint density at radius 2 is 1.19 bits per heavy atom. The largest absolute Gasteiger partial charge is 0.244 e. The zero-order chi connectivity index (χ0) is 18.8. The molecule has 3 fully saturated rings. The Balaban J connectivity index is 1.53. The fourth-order valence-electron chi connectivity index (χ4n) is 6.00. The second-order valence-corrected chi connectivity index (χ2v) is 9.20. The summed E-state index contributed by atoms with van der Waals surface area (Å²) in [5.41, 5.74) is 0. The first-order chi connectivity index (χ1) is 12.4. The monoisotopic (exact) mass is 374 g/mol. The topological polar surface area (TPSA) is 0 Å². The SMILES string of the molecule is C=CCC1CCC(C2CCC(C3CCC(C)C(F)C3F)CC2)C(F)C1F. The van der Waals surface area contributed by atoms with Crippen molar-refractivity contribution < 1.29 is 17.6 Å². The molecule has 0 nitrogen and oxygen atoms in total. The Bertz CT molecular complexity index is 459. The molecule has 0 spiro atoms. The van der Waals surface area contributed by atoms with Crippen LogP contribution in [0.4, 0.5) is 17.6 Å². The molecule has 4 heteroatoms. The van der Waals surface area contributed by atoms with Gasteiger partial charge in [0, 0.05) is 0 Å². The average Bonchev–Trinajstić information content (AvgIpc) is 2.64. The van der Waals surface area contributed by atoms with Gasteiger partial charge < -0.3 is 0 Å². The van der Waals surface area contributed by atoms with E-state index in [0.29, 0.717) is 6.42 Å². The van der Waals surface area contributed by atoms with Crippen molar-refractivity contribution >= 4 is 0 Å². The molecule has 0 aromatic heterocycles. The van der Waals surface area contributed by atoms with Crippen LogP contribution in [0.2, 0.25) is 0 Å². The molecule has 0 aromatic carbocycles. The van der Waals surface area contributed by atoms with Crippen molar-refractivity contribution in [3.8, 4) is 0 Å². The van der Waals surface area contributed by atoms with Crippen LogP contribution in [-0.4, -0.2) is 24.7 Å². The Hall–Kier alpha value is -0.540. The minimum Gasteiger partial charge on any atom is -0.244 e. The highest BCUT2D eigenvalue weighted by molar-refractivity contribution is 4.96. The van der Waals surface area contributed by atoms with Gasteiger partial charge in [-0.05, 0) is 93.3 Å². The van der Waals surface area contributed by atoms with E-state index in [4.69, 9.17) is 0 Å². The van der Waals surface area contributed by atoms with Gasteiger partial charge >= 0.3 is 0 Å². The quantitative estimate of drug-likeness (QED) is 0.375. The van der Waals surface area contributed by atoms with Crippen LogP contribution in [-0.2, 0) is 0 Å². The van der Waals surface area contributed by atoms with E-state index < -0.39 is 24.7 Å². The molecule has 0 bridgehead atoms. The third-order valence-corrected chi connectivity index (χ3v) is 7.74.